The van der Waals surface area contributed by atoms with Gasteiger partial charge < -0.3 is 9.47 Å². The molecule has 9 nitrogen and oxygen atoms in total. The van der Waals surface area contributed by atoms with Gasteiger partial charge in [-0.05, 0) is 60.3 Å². The molecule has 1 aliphatic carbocycles. The molecule has 34 heavy (non-hydrogen) atoms. The molecule has 12 heteroatoms. The Morgan fingerprint density at radius 3 is 2.85 bits per heavy atom. The predicted molar refractivity (Wildman–Crippen MR) is 128 cm³/mol. The summed E-state index contributed by atoms with van der Waals surface area (Å²) in [5, 5.41) is 4.69. The molecular weight excluding hydrogens is 548 g/mol. The number of nitrogens with one attached hydrogen (secondary N) is 1. The van der Waals surface area contributed by atoms with Gasteiger partial charge in [0.25, 0.3) is 0 Å². The first kappa shape index (κ1) is 24.6. The average Bonchev–Trinajstić information content (AvgIpc) is 3.20. The van der Waals surface area contributed by atoms with E-state index >= 15 is 0 Å². The number of fused-ring (bicyclic) bond motifs is 1. The second kappa shape index (κ2) is 10.4. The Kier molecular flexibility index (Phi) is 7.56. The van der Waals surface area contributed by atoms with Crippen molar-refractivity contribution in [2.45, 2.75) is 43.7 Å². The molecule has 0 aliphatic heterocycles. The second-order valence-corrected chi connectivity index (χ2v) is 10.5. The summed E-state index contributed by atoms with van der Waals surface area (Å²) >= 11 is 9.45. The van der Waals surface area contributed by atoms with Crippen molar-refractivity contribution in [2.24, 2.45) is 0 Å². The summed E-state index contributed by atoms with van der Waals surface area (Å²) in [6.45, 7) is 2.02. The molecule has 180 valence electrons. The third kappa shape index (κ3) is 5.43. The highest BCUT2D eigenvalue weighted by Gasteiger charge is 2.29. The summed E-state index contributed by atoms with van der Waals surface area (Å²) in [6.07, 6.45) is 4.90. The SMILES string of the molecule is CCOC(=O)Cn1ncc2c1CCCC2NS(=O)(=O)c1cnc(Oc2ccccc2Cl)c(Br)c1. The molecule has 4 rings (SSSR count). The number of hydrogen-bond acceptors (Lipinski definition) is 7. The molecule has 1 aliphatic rings. The Bertz CT molecular complexity index is 1310. The van der Waals surface area contributed by atoms with E-state index in [0.29, 0.717) is 28.1 Å². The van der Waals surface area contributed by atoms with Gasteiger partial charge in [-0.1, -0.05) is 23.7 Å². The Balaban J connectivity index is 1.52. The molecule has 1 unspecified atom stereocenters. The zero-order valence-corrected chi connectivity index (χ0v) is 21.4. The minimum absolute atomic E-state index is 0.00754. The van der Waals surface area contributed by atoms with Crippen LogP contribution < -0.4 is 9.46 Å². The monoisotopic (exact) mass is 568 g/mol. The summed E-state index contributed by atoms with van der Waals surface area (Å²) < 4.78 is 41.6. The summed E-state index contributed by atoms with van der Waals surface area (Å²) in [6, 6.07) is 7.87. The van der Waals surface area contributed by atoms with Crippen LogP contribution in [0.25, 0.3) is 0 Å². The molecule has 2 aromatic heterocycles. The largest absolute Gasteiger partial charge is 0.465 e. The van der Waals surface area contributed by atoms with Crippen molar-refractivity contribution in [3.05, 3.63) is 63.5 Å². The van der Waals surface area contributed by atoms with Gasteiger partial charge in [-0.2, -0.15) is 5.10 Å². The highest BCUT2D eigenvalue weighted by Crippen LogP contribution is 2.34. The lowest BCUT2D eigenvalue weighted by Crippen LogP contribution is -2.31. The van der Waals surface area contributed by atoms with E-state index in [2.05, 4.69) is 30.7 Å². The highest BCUT2D eigenvalue weighted by atomic mass is 79.9. The van der Waals surface area contributed by atoms with Crippen LogP contribution in [0, 0.1) is 0 Å². The average molecular weight is 570 g/mol. The fourth-order valence-electron chi connectivity index (χ4n) is 3.72. The van der Waals surface area contributed by atoms with Gasteiger partial charge in [0, 0.05) is 11.3 Å². The van der Waals surface area contributed by atoms with Crippen molar-refractivity contribution in [1.29, 1.82) is 0 Å². The van der Waals surface area contributed by atoms with Crippen LogP contribution in [0.4, 0.5) is 0 Å². The Morgan fingerprint density at radius 1 is 1.32 bits per heavy atom. The van der Waals surface area contributed by atoms with Gasteiger partial charge in [-0.15, -0.1) is 0 Å². The fourth-order valence-corrected chi connectivity index (χ4v) is 5.70. The summed E-state index contributed by atoms with van der Waals surface area (Å²) in [5.41, 5.74) is 1.58. The quantitative estimate of drug-likeness (QED) is 0.400. The van der Waals surface area contributed by atoms with E-state index in [9.17, 15) is 13.2 Å². The molecule has 0 saturated carbocycles. The standard InChI is InChI=1S/C22H22BrClN4O5S/c1-2-32-21(29)13-28-19-8-5-7-18(15(19)12-26-28)27-34(30,31)14-10-16(23)22(25-11-14)33-20-9-4-3-6-17(20)24/h3-4,6,9-12,18,27H,2,5,7-8,13H2,1H3. The van der Waals surface area contributed by atoms with E-state index in [1.807, 2.05) is 0 Å². The van der Waals surface area contributed by atoms with Crippen LogP contribution in [0.2, 0.25) is 5.02 Å². The van der Waals surface area contributed by atoms with Crippen molar-refractivity contribution < 1.29 is 22.7 Å². The molecule has 2 heterocycles. The van der Waals surface area contributed by atoms with Gasteiger partial charge in [-0.25, -0.2) is 18.1 Å². The predicted octanol–water partition coefficient (Wildman–Crippen LogP) is 4.41. The first-order valence-corrected chi connectivity index (χ1v) is 13.2. The fraction of sp³-hybridized carbons (Fsp3) is 0.318. The molecule has 0 bridgehead atoms. The van der Waals surface area contributed by atoms with Crippen LogP contribution in [0.3, 0.4) is 0 Å². The number of ether oxygens (including phenoxy) is 2. The number of carbonyl (C=O) groups excluding carboxylic acids is 1. The van der Waals surface area contributed by atoms with E-state index in [-0.39, 0.29) is 29.9 Å². The van der Waals surface area contributed by atoms with E-state index < -0.39 is 16.1 Å². The van der Waals surface area contributed by atoms with Gasteiger partial charge >= 0.3 is 5.97 Å². The van der Waals surface area contributed by atoms with Gasteiger partial charge in [0.15, 0.2) is 0 Å². The van der Waals surface area contributed by atoms with E-state index in [0.717, 1.165) is 17.7 Å². The first-order chi connectivity index (χ1) is 16.3. The van der Waals surface area contributed by atoms with Crippen molar-refractivity contribution in [3.8, 4) is 11.6 Å². The van der Waals surface area contributed by atoms with Crippen LogP contribution >= 0.6 is 27.5 Å². The zero-order valence-electron chi connectivity index (χ0n) is 18.2. The molecule has 1 aromatic carbocycles. The minimum Gasteiger partial charge on any atom is -0.465 e. The molecule has 1 atom stereocenters. The van der Waals surface area contributed by atoms with E-state index in [1.54, 1.807) is 42.1 Å². The van der Waals surface area contributed by atoms with E-state index in [4.69, 9.17) is 21.1 Å². The number of carbonyl (C=O) groups is 1. The summed E-state index contributed by atoms with van der Waals surface area (Å²) in [7, 11) is -3.90. The Hall–Kier alpha value is -2.47. The van der Waals surface area contributed by atoms with E-state index in [1.165, 1.54) is 12.3 Å². The van der Waals surface area contributed by atoms with Gasteiger partial charge in [0.1, 0.15) is 17.2 Å². The normalized spacial score (nSPS) is 15.6. The number of hydrogen-bond donors (Lipinski definition) is 1. The molecule has 3 aromatic rings. The third-order valence-corrected chi connectivity index (χ3v) is 7.60. The van der Waals surface area contributed by atoms with Gasteiger partial charge in [0.2, 0.25) is 15.9 Å². The van der Waals surface area contributed by atoms with Crippen LogP contribution in [0.5, 0.6) is 11.6 Å². The second-order valence-electron chi connectivity index (χ2n) is 7.57. The smallest absolute Gasteiger partial charge is 0.327 e. The number of esters is 1. The number of benzene rings is 1. The molecule has 0 radical (unpaired) electrons. The molecular formula is C22H22BrClN4O5S. The molecule has 0 spiro atoms. The van der Waals surface area contributed by atoms with Crippen LogP contribution in [0.1, 0.15) is 37.1 Å². The van der Waals surface area contributed by atoms with Crippen LogP contribution in [-0.4, -0.2) is 35.8 Å². The number of nitrogens with zero attached hydrogens (tertiary/aromatic N) is 3. The number of aromatic nitrogens is 3. The number of pyridine rings is 1. The van der Waals surface area contributed by atoms with Crippen LogP contribution in [-0.2, 0) is 32.5 Å². The van der Waals surface area contributed by atoms with Crippen molar-refractivity contribution >= 4 is 43.5 Å². The maximum atomic E-state index is 13.1. The lowest BCUT2D eigenvalue weighted by atomic mass is 9.94. The van der Waals surface area contributed by atoms with Crippen molar-refractivity contribution in [2.75, 3.05) is 6.61 Å². The Labute approximate surface area is 210 Å². The minimum atomic E-state index is -3.90. The zero-order chi connectivity index (χ0) is 24.3. The maximum Gasteiger partial charge on any atom is 0.327 e. The number of para-hydroxylation sites is 1. The van der Waals surface area contributed by atoms with Crippen LogP contribution in [0.15, 0.2) is 52.1 Å². The summed E-state index contributed by atoms with van der Waals surface area (Å²) in [5.74, 6) is 0.207. The highest BCUT2D eigenvalue weighted by molar-refractivity contribution is 9.10. The lowest BCUT2D eigenvalue weighted by molar-refractivity contribution is -0.144. The molecule has 0 amide bonds. The number of sulfonamides is 1. The molecule has 1 N–H and O–H groups in total. The molecule has 0 saturated heterocycles. The number of rotatable bonds is 8. The molecule has 0 fully saturated rings. The first-order valence-electron chi connectivity index (χ1n) is 10.6. The maximum absolute atomic E-state index is 13.1. The Morgan fingerprint density at radius 2 is 2.12 bits per heavy atom. The van der Waals surface area contributed by atoms with Gasteiger partial charge in [-0.3, -0.25) is 9.48 Å². The van der Waals surface area contributed by atoms with Crippen molar-refractivity contribution in [3.63, 3.8) is 0 Å². The topological polar surface area (TPSA) is 112 Å². The van der Waals surface area contributed by atoms with Gasteiger partial charge in [0.05, 0.1) is 34.5 Å². The van der Waals surface area contributed by atoms with Crippen molar-refractivity contribution in [1.82, 2.24) is 19.5 Å². The lowest BCUT2D eigenvalue weighted by Gasteiger charge is -2.24. The number of halogens is 2. The summed E-state index contributed by atoms with van der Waals surface area (Å²) in [4.78, 5) is 16.0. The third-order valence-electron chi connectivity index (χ3n) is 5.28.